The van der Waals surface area contributed by atoms with Crippen molar-refractivity contribution in [2.45, 2.75) is 19.3 Å². The normalized spacial score (nSPS) is 20.9. The third-order valence-electron chi connectivity index (χ3n) is 4.31. The average molecular weight is 333 g/mol. The molecule has 1 aromatic carbocycles. The molecule has 0 saturated carbocycles. The first-order valence-corrected chi connectivity index (χ1v) is 8.33. The summed E-state index contributed by atoms with van der Waals surface area (Å²) in [4.78, 5) is 25.5. The van der Waals surface area contributed by atoms with Crippen molar-refractivity contribution in [1.82, 2.24) is 4.90 Å². The molecule has 3 N–H and O–H groups in total. The number of carbonyl (C=O) groups is 2. The minimum atomic E-state index is -0.289. The number of amides is 2. The highest BCUT2D eigenvalue weighted by Gasteiger charge is 2.25. The van der Waals surface area contributed by atoms with Crippen LogP contribution in [0.3, 0.4) is 0 Å². The number of nitrogens with zero attached hydrogens (tertiary/aromatic N) is 1. The molecule has 1 atom stereocenters. The topological polar surface area (TPSA) is 93.9 Å². The summed E-state index contributed by atoms with van der Waals surface area (Å²) in [6.07, 6.45) is 2.52. The Morgan fingerprint density at radius 1 is 1.21 bits per heavy atom. The van der Waals surface area contributed by atoms with Crippen LogP contribution in [0.2, 0.25) is 0 Å². The van der Waals surface area contributed by atoms with Crippen LogP contribution in [0.25, 0.3) is 0 Å². The Morgan fingerprint density at radius 2 is 2.00 bits per heavy atom. The lowest BCUT2D eigenvalue weighted by Crippen LogP contribution is -2.44. The molecular weight excluding hydrogens is 310 g/mol. The van der Waals surface area contributed by atoms with Crippen LogP contribution in [0.15, 0.2) is 18.2 Å². The van der Waals surface area contributed by atoms with Gasteiger partial charge in [-0.15, -0.1) is 0 Å². The Balaban J connectivity index is 1.57. The molecule has 3 rings (SSSR count). The number of nitrogens with two attached hydrogens (primary N) is 1. The van der Waals surface area contributed by atoms with Gasteiger partial charge in [-0.1, -0.05) is 0 Å². The molecule has 0 spiro atoms. The molecule has 2 heterocycles. The van der Waals surface area contributed by atoms with Crippen molar-refractivity contribution in [2.75, 3.05) is 38.2 Å². The third kappa shape index (κ3) is 4.17. The largest absolute Gasteiger partial charge is 0.490 e. The van der Waals surface area contributed by atoms with E-state index in [0.717, 1.165) is 25.8 Å². The molecule has 2 aliphatic rings. The molecule has 130 valence electrons. The van der Waals surface area contributed by atoms with E-state index in [-0.39, 0.29) is 24.3 Å². The minimum Gasteiger partial charge on any atom is -0.490 e. The summed E-state index contributed by atoms with van der Waals surface area (Å²) < 4.78 is 11.2. The van der Waals surface area contributed by atoms with Crippen LogP contribution in [0.5, 0.6) is 11.5 Å². The second kappa shape index (κ2) is 7.53. The molecule has 0 bridgehead atoms. The molecule has 2 aliphatic heterocycles. The zero-order valence-electron chi connectivity index (χ0n) is 13.6. The van der Waals surface area contributed by atoms with Gasteiger partial charge < -0.3 is 20.5 Å². The molecular formula is C17H23N3O4. The van der Waals surface area contributed by atoms with Gasteiger partial charge in [0, 0.05) is 24.7 Å². The molecule has 1 saturated heterocycles. The third-order valence-corrected chi connectivity index (χ3v) is 4.31. The molecule has 7 heteroatoms. The lowest BCUT2D eigenvalue weighted by molar-refractivity contribution is -0.125. The van der Waals surface area contributed by atoms with E-state index in [0.29, 0.717) is 36.9 Å². The maximum absolute atomic E-state index is 12.3. The van der Waals surface area contributed by atoms with Gasteiger partial charge >= 0.3 is 0 Å². The molecule has 0 aromatic heterocycles. The van der Waals surface area contributed by atoms with Gasteiger partial charge in [0.05, 0.1) is 25.7 Å². The number of piperidine rings is 1. The number of carbonyl (C=O) groups excluding carboxylic acids is 2. The van der Waals surface area contributed by atoms with E-state index in [2.05, 4.69) is 5.32 Å². The van der Waals surface area contributed by atoms with Crippen molar-refractivity contribution in [3.63, 3.8) is 0 Å². The Morgan fingerprint density at radius 3 is 2.79 bits per heavy atom. The Kier molecular flexibility index (Phi) is 5.20. The Labute approximate surface area is 141 Å². The monoisotopic (exact) mass is 333 g/mol. The highest BCUT2D eigenvalue weighted by atomic mass is 16.5. The van der Waals surface area contributed by atoms with Crippen molar-refractivity contribution in [1.29, 1.82) is 0 Å². The first kappa shape index (κ1) is 16.6. The quantitative estimate of drug-likeness (QED) is 0.857. The zero-order valence-corrected chi connectivity index (χ0v) is 13.6. The van der Waals surface area contributed by atoms with Gasteiger partial charge in [-0.25, -0.2) is 0 Å². The molecule has 1 aromatic rings. The first-order valence-electron chi connectivity index (χ1n) is 8.33. The molecule has 1 fully saturated rings. The van der Waals surface area contributed by atoms with Gasteiger partial charge in [0.1, 0.15) is 0 Å². The summed E-state index contributed by atoms with van der Waals surface area (Å²) in [5, 5.41) is 2.87. The van der Waals surface area contributed by atoms with Crippen molar-refractivity contribution in [3.8, 4) is 11.5 Å². The maximum Gasteiger partial charge on any atom is 0.238 e. The van der Waals surface area contributed by atoms with Gasteiger partial charge in [0.15, 0.2) is 11.5 Å². The van der Waals surface area contributed by atoms with Crippen LogP contribution >= 0.6 is 0 Å². The van der Waals surface area contributed by atoms with Crippen molar-refractivity contribution in [2.24, 2.45) is 11.7 Å². The van der Waals surface area contributed by atoms with Crippen LogP contribution < -0.4 is 20.5 Å². The number of hydrogen-bond acceptors (Lipinski definition) is 5. The van der Waals surface area contributed by atoms with E-state index in [1.807, 2.05) is 4.90 Å². The number of primary amides is 1. The smallest absolute Gasteiger partial charge is 0.238 e. The van der Waals surface area contributed by atoms with E-state index in [4.69, 9.17) is 15.2 Å². The number of rotatable bonds is 4. The molecule has 0 aliphatic carbocycles. The van der Waals surface area contributed by atoms with E-state index < -0.39 is 0 Å². The number of ether oxygens (including phenoxy) is 2. The summed E-state index contributed by atoms with van der Waals surface area (Å²) in [6.45, 7) is 2.84. The second-order valence-electron chi connectivity index (χ2n) is 6.24. The SMILES string of the molecule is NC(=O)[C@@H]1CCCN(CC(=O)Nc2ccc3c(c2)OCCCO3)C1. The van der Waals surface area contributed by atoms with Crippen LogP contribution in [-0.4, -0.2) is 49.6 Å². The van der Waals surface area contributed by atoms with Crippen LogP contribution in [-0.2, 0) is 9.59 Å². The van der Waals surface area contributed by atoms with Crippen LogP contribution in [0, 0.1) is 5.92 Å². The average Bonchev–Trinajstić information content (AvgIpc) is 2.79. The first-order chi connectivity index (χ1) is 11.6. The number of hydrogen-bond donors (Lipinski definition) is 2. The summed E-state index contributed by atoms with van der Waals surface area (Å²) in [5.41, 5.74) is 6.04. The zero-order chi connectivity index (χ0) is 16.9. The number of nitrogens with one attached hydrogen (secondary N) is 1. The summed E-state index contributed by atoms with van der Waals surface area (Å²) in [6, 6.07) is 5.38. The Bertz CT molecular complexity index is 620. The van der Waals surface area contributed by atoms with Crippen molar-refractivity contribution < 1.29 is 19.1 Å². The van der Waals surface area contributed by atoms with Crippen LogP contribution in [0.1, 0.15) is 19.3 Å². The van der Waals surface area contributed by atoms with E-state index >= 15 is 0 Å². The lowest BCUT2D eigenvalue weighted by Gasteiger charge is -2.30. The Hall–Kier alpha value is -2.28. The van der Waals surface area contributed by atoms with Crippen LogP contribution in [0.4, 0.5) is 5.69 Å². The van der Waals surface area contributed by atoms with Crippen molar-refractivity contribution in [3.05, 3.63) is 18.2 Å². The highest BCUT2D eigenvalue weighted by Crippen LogP contribution is 2.32. The number of likely N-dealkylation sites (tertiary alicyclic amines) is 1. The minimum absolute atomic E-state index is 0.116. The summed E-state index contributed by atoms with van der Waals surface area (Å²) in [5.74, 6) is 0.783. The summed E-state index contributed by atoms with van der Waals surface area (Å²) >= 11 is 0. The predicted octanol–water partition coefficient (Wildman–Crippen LogP) is 0.984. The predicted molar refractivity (Wildman–Crippen MR) is 89.0 cm³/mol. The number of benzene rings is 1. The van der Waals surface area contributed by atoms with E-state index in [1.54, 1.807) is 18.2 Å². The molecule has 7 nitrogen and oxygen atoms in total. The van der Waals surface area contributed by atoms with E-state index in [9.17, 15) is 9.59 Å². The summed E-state index contributed by atoms with van der Waals surface area (Å²) in [7, 11) is 0. The molecule has 0 radical (unpaired) electrons. The molecule has 24 heavy (non-hydrogen) atoms. The molecule has 2 amide bonds. The lowest BCUT2D eigenvalue weighted by atomic mass is 9.97. The van der Waals surface area contributed by atoms with Crippen molar-refractivity contribution >= 4 is 17.5 Å². The number of anilines is 1. The number of fused-ring (bicyclic) bond motifs is 1. The van der Waals surface area contributed by atoms with Gasteiger partial charge in [-0.05, 0) is 31.5 Å². The fourth-order valence-electron chi connectivity index (χ4n) is 3.08. The maximum atomic E-state index is 12.3. The molecule has 0 unspecified atom stereocenters. The van der Waals surface area contributed by atoms with E-state index in [1.165, 1.54) is 0 Å². The second-order valence-corrected chi connectivity index (χ2v) is 6.24. The fourth-order valence-corrected chi connectivity index (χ4v) is 3.08. The van der Waals surface area contributed by atoms with Gasteiger partial charge in [-0.2, -0.15) is 0 Å². The van der Waals surface area contributed by atoms with Gasteiger partial charge in [0.25, 0.3) is 0 Å². The van der Waals surface area contributed by atoms with Gasteiger partial charge in [0.2, 0.25) is 11.8 Å². The fraction of sp³-hybridized carbons (Fsp3) is 0.529. The highest BCUT2D eigenvalue weighted by molar-refractivity contribution is 5.92. The van der Waals surface area contributed by atoms with Gasteiger partial charge in [-0.3, -0.25) is 14.5 Å². The standard InChI is InChI=1S/C17H23N3O4/c18-17(22)12-3-1-6-20(10-12)11-16(21)19-13-4-5-14-15(9-13)24-8-2-7-23-14/h4-5,9,12H,1-3,6-8,10-11H2,(H2,18,22)(H,19,21)/t12-/m1/s1.